The topological polar surface area (TPSA) is 57.7 Å². The van der Waals surface area contributed by atoms with E-state index in [1.165, 1.54) is 16.7 Å². The predicted molar refractivity (Wildman–Crippen MR) is 109 cm³/mol. The molecule has 0 radical (unpaired) electrons. The van der Waals surface area contributed by atoms with Gasteiger partial charge >= 0.3 is 6.18 Å². The lowest BCUT2D eigenvalue weighted by atomic mass is 10.2. The molecule has 162 valence electrons. The highest BCUT2D eigenvalue weighted by atomic mass is 35.5. The summed E-state index contributed by atoms with van der Waals surface area (Å²) in [6.07, 6.45) is -2.77. The standard InChI is InChI=1S/C19H18ClF3N2O3S2/c1-29-14-5-6-17(20)16(12-14)18(26)24-7-9-25(10-8-24)30(27,28)15-4-2-3-13(11-15)19(21,22)23/h2-6,11-12H,7-10H2,1H3. The zero-order valence-electron chi connectivity index (χ0n) is 15.8. The number of nitrogens with zero attached hydrogens (tertiary/aromatic N) is 2. The van der Waals surface area contributed by atoms with Gasteiger partial charge < -0.3 is 4.90 Å². The first-order valence-electron chi connectivity index (χ1n) is 8.84. The Kier molecular flexibility index (Phi) is 6.71. The highest BCUT2D eigenvalue weighted by Crippen LogP contribution is 2.31. The highest BCUT2D eigenvalue weighted by Gasteiger charge is 2.34. The molecule has 1 fully saturated rings. The van der Waals surface area contributed by atoms with Crippen LogP contribution in [0, 0.1) is 0 Å². The number of amides is 1. The molecule has 0 atom stereocenters. The van der Waals surface area contributed by atoms with E-state index in [0.717, 1.165) is 27.4 Å². The molecule has 2 aromatic rings. The van der Waals surface area contributed by atoms with Crippen LogP contribution >= 0.6 is 23.4 Å². The Morgan fingerprint density at radius 2 is 1.73 bits per heavy atom. The quantitative estimate of drug-likeness (QED) is 0.617. The highest BCUT2D eigenvalue weighted by molar-refractivity contribution is 7.98. The van der Waals surface area contributed by atoms with Crippen molar-refractivity contribution in [1.82, 2.24) is 9.21 Å². The lowest BCUT2D eigenvalue weighted by Gasteiger charge is -2.34. The van der Waals surface area contributed by atoms with E-state index >= 15 is 0 Å². The van der Waals surface area contributed by atoms with Gasteiger partial charge in [0.1, 0.15) is 0 Å². The van der Waals surface area contributed by atoms with Crippen molar-refractivity contribution in [1.29, 1.82) is 0 Å². The number of hydrogen-bond donors (Lipinski definition) is 0. The molecule has 2 aromatic carbocycles. The zero-order chi connectivity index (χ0) is 22.1. The third kappa shape index (κ3) is 4.77. The van der Waals surface area contributed by atoms with Crippen molar-refractivity contribution in [2.45, 2.75) is 16.0 Å². The van der Waals surface area contributed by atoms with Crippen LogP contribution in [0.2, 0.25) is 5.02 Å². The number of carbonyl (C=O) groups excluding carboxylic acids is 1. The molecule has 0 bridgehead atoms. The predicted octanol–water partition coefficient (Wildman–Crippen LogP) is 4.23. The van der Waals surface area contributed by atoms with Crippen LogP contribution in [0.25, 0.3) is 0 Å². The Bertz CT molecular complexity index is 1050. The average molecular weight is 479 g/mol. The summed E-state index contributed by atoms with van der Waals surface area (Å²) < 4.78 is 65.4. The van der Waals surface area contributed by atoms with Crippen LogP contribution in [0.1, 0.15) is 15.9 Å². The molecule has 3 rings (SSSR count). The van der Waals surface area contributed by atoms with E-state index in [0.29, 0.717) is 16.7 Å². The van der Waals surface area contributed by atoms with E-state index in [4.69, 9.17) is 11.6 Å². The van der Waals surface area contributed by atoms with Crippen LogP contribution in [0.15, 0.2) is 52.3 Å². The lowest BCUT2D eigenvalue weighted by Crippen LogP contribution is -2.50. The number of carbonyl (C=O) groups is 1. The Balaban J connectivity index is 1.74. The summed E-state index contributed by atoms with van der Waals surface area (Å²) in [6, 6.07) is 8.76. The summed E-state index contributed by atoms with van der Waals surface area (Å²) in [5.74, 6) is -0.313. The normalized spacial score (nSPS) is 16.0. The van der Waals surface area contributed by atoms with Gasteiger partial charge in [-0.05, 0) is 42.7 Å². The number of hydrogen-bond acceptors (Lipinski definition) is 4. The number of benzene rings is 2. The summed E-state index contributed by atoms with van der Waals surface area (Å²) in [6.45, 7) is 0.169. The zero-order valence-corrected chi connectivity index (χ0v) is 18.2. The van der Waals surface area contributed by atoms with Crippen molar-refractivity contribution in [2.75, 3.05) is 32.4 Å². The first kappa shape index (κ1) is 22.9. The van der Waals surface area contributed by atoms with Gasteiger partial charge in [-0.15, -0.1) is 11.8 Å². The fourth-order valence-electron chi connectivity index (χ4n) is 3.08. The minimum atomic E-state index is -4.64. The molecule has 11 heteroatoms. The molecule has 0 unspecified atom stereocenters. The van der Waals surface area contributed by atoms with Crippen LogP contribution < -0.4 is 0 Å². The van der Waals surface area contributed by atoms with E-state index in [1.807, 2.05) is 6.26 Å². The molecule has 0 aromatic heterocycles. The summed E-state index contributed by atoms with van der Waals surface area (Å²) in [5.41, 5.74) is -0.696. The Morgan fingerprint density at radius 3 is 2.33 bits per heavy atom. The molecule has 0 saturated carbocycles. The van der Waals surface area contributed by atoms with Crippen LogP contribution in [0.4, 0.5) is 13.2 Å². The van der Waals surface area contributed by atoms with E-state index in [-0.39, 0.29) is 32.1 Å². The van der Waals surface area contributed by atoms with Gasteiger partial charge in [0, 0.05) is 31.1 Å². The van der Waals surface area contributed by atoms with Gasteiger partial charge in [0.05, 0.1) is 21.0 Å². The minimum Gasteiger partial charge on any atom is -0.336 e. The van der Waals surface area contributed by atoms with E-state index in [9.17, 15) is 26.4 Å². The van der Waals surface area contributed by atoms with Crippen LogP contribution in [0.5, 0.6) is 0 Å². The molecule has 1 saturated heterocycles. The summed E-state index contributed by atoms with van der Waals surface area (Å²) >= 11 is 7.61. The largest absolute Gasteiger partial charge is 0.416 e. The van der Waals surface area contributed by atoms with E-state index in [1.54, 1.807) is 18.2 Å². The van der Waals surface area contributed by atoms with Crippen molar-refractivity contribution >= 4 is 39.3 Å². The second-order valence-electron chi connectivity index (χ2n) is 6.57. The molecule has 0 spiro atoms. The van der Waals surface area contributed by atoms with Gasteiger partial charge in [-0.1, -0.05) is 17.7 Å². The van der Waals surface area contributed by atoms with Gasteiger partial charge in [-0.2, -0.15) is 17.5 Å². The monoisotopic (exact) mass is 478 g/mol. The molecule has 1 heterocycles. The lowest BCUT2D eigenvalue weighted by molar-refractivity contribution is -0.137. The van der Waals surface area contributed by atoms with Crippen LogP contribution in [-0.4, -0.2) is 56.0 Å². The molecule has 5 nitrogen and oxygen atoms in total. The maximum Gasteiger partial charge on any atom is 0.416 e. The van der Waals surface area contributed by atoms with Gasteiger partial charge in [0.15, 0.2) is 0 Å². The number of alkyl halides is 3. The average Bonchev–Trinajstić information content (AvgIpc) is 2.73. The number of thioether (sulfide) groups is 1. The maximum absolute atomic E-state index is 12.9. The molecule has 0 N–H and O–H groups in total. The number of rotatable bonds is 4. The van der Waals surface area contributed by atoms with Gasteiger partial charge in [-0.3, -0.25) is 4.79 Å². The summed E-state index contributed by atoms with van der Waals surface area (Å²) in [5, 5.41) is 0.303. The smallest absolute Gasteiger partial charge is 0.336 e. The van der Waals surface area contributed by atoms with Crippen molar-refractivity contribution in [3.05, 3.63) is 58.6 Å². The van der Waals surface area contributed by atoms with Gasteiger partial charge in [-0.25, -0.2) is 8.42 Å². The molecule has 1 aliphatic heterocycles. The number of halogens is 4. The van der Waals surface area contributed by atoms with E-state index < -0.39 is 26.7 Å². The molecule has 1 aliphatic rings. The molecule has 30 heavy (non-hydrogen) atoms. The van der Waals surface area contributed by atoms with Crippen molar-refractivity contribution in [3.8, 4) is 0 Å². The fraction of sp³-hybridized carbons (Fsp3) is 0.316. The van der Waals surface area contributed by atoms with Gasteiger partial charge in [0.2, 0.25) is 10.0 Å². The first-order valence-corrected chi connectivity index (χ1v) is 11.9. The third-order valence-electron chi connectivity index (χ3n) is 4.73. The second-order valence-corrected chi connectivity index (χ2v) is 9.79. The fourth-order valence-corrected chi connectivity index (χ4v) is 5.19. The van der Waals surface area contributed by atoms with Gasteiger partial charge in [0.25, 0.3) is 5.91 Å². The number of sulfonamides is 1. The summed E-state index contributed by atoms with van der Waals surface area (Å²) in [4.78, 5) is 14.7. The number of piperazine rings is 1. The molecule has 1 amide bonds. The van der Waals surface area contributed by atoms with Crippen LogP contribution in [0.3, 0.4) is 0 Å². The Hall–Kier alpha value is -1.75. The van der Waals surface area contributed by atoms with Crippen molar-refractivity contribution in [3.63, 3.8) is 0 Å². The molecular formula is C19H18ClF3N2O3S2. The minimum absolute atomic E-state index is 0.0237. The SMILES string of the molecule is CSc1ccc(Cl)c(C(=O)N2CCN(S(=O)(=O)c3cccc(C(F)(F)F)c3)CC2)c1. The first-order chi connectivity index (χ1) is 14.0. The van der Waals surface area contributed by atoms with Crippen molar-refractivity contribution in [2.24, 2.45) is 0 Å². The van der Waals surface area contributed by atoms with Crippen molar-refractivity contribution < 1.29 is 26.4 Å². The summed E-state index contributed by atoms with van der Waals surface area (Å²) in [7, 11) is -4.11. The van der Waals surface area contributed by atoms with Crippen LogP contribution in [-0.2, 0) is 16.2 Å². The maximum atomic E-state index is 12.9. The van der Waals surface area contributed by atoms with E-state index in [2.05, 4.69) is 0 Å². The second kappa shape index (κ2) is 8.78. The molecular weight excluding hydrogens is 461 g/mol. The molecule has 0 aliphatic carbocycles. The third-order valence-corrected chi connectivity index (χ3v) is 7.68. The Labute approximate surface area is 181 Å². The Morgan fingerprint density at radius 1 is 1.07 bits per heavy atom.